The normalized spacial score (nSPS) is 20.5. The molecule has 19 heavy (non-hydrogen) atoms. The van der Waals surface area contributed by atoms with Gasteiger partial charge in [-0.1, -0.05) is 0 Å². The third kappa shape index (κ3) is 3.00. The van der Waals surface area contributed by atoms with Crippen molar-refractivity contribution in [3.63, 3.8) is 0 Å². The Morgan fingerprint density at radius 3 is 2.68 bits per heavy atom. The summed E-state index contributed by atoms with van der Waals surface area (Å²) in [4.78, 5) is 15.8. The number of rotatable bonds is 4. The molecule has 0 atom stereocenters. The second kappa shape index (κ2) is 5.63. The number of carbonyl (C=O) groups excluding carboxylic acids is 1. The third-order valence-electron chi connectivity index (χ3n) is 4.22. The van der Waals surface area contributed by atoms with Crippen molar-refractivity contribution in [1.29, 1.82) is 0 Å². The van der Waals surface area contributed by atoms with Crippen molar-refractivity contribution < 1.29 is 4.79 Å². The van der Waals surface area contributed by atoms with E-state index in [1.165, 1.54) is 25.7 Å². The van der Waals surface area contributed by atoms with Gasteiger partial charge in [0, 0.05) is 12.6 Å². The molecule has 104 valence electrons. The highest BCUT2D eigenvalue weighted by molar-refractivity contribution is 7.12. The number of aryl methyl sites for hydroxylation is 1. The lowest BCUT2D eigenvalue weighted by atomic mass is 9.97. The quantitative estimate of drug-likeness (QED) is 0.918. The number of nitrogens with one attached hydrogen (secondary N) is 1. The van der Waals surface area contributed by atoms with Gasteiger partial charge in [-0.3, -0.25) is 4.79 Å². The number of hydrogen-bond donors (Lipinski definition) is 1. The van der Waals surface area contributed by atoms with Crippen LogP contribution < -0.4 is 5.32 Å². The van der Waals surface area contributed by atoms with E-state index in [0.29, 0.717) is 12.0 Å². The smallest absolute Gasteiger partial charge is 0.264 e. The molecule has 3 rings (SSSR count). The topological polar surface area (TPSA) is 32.3 Å². The maximum atomic E-state index is 12.7. The van der Waals surface area contributed by atoms with Gasteiger partial charge in [-0.2, -0.15) is 0 Å². The predicted octanol–water partition coefficient (Wildman–Crippen LogP) is 2.66. The van der Waals surface area contributed by atoms with E-state index in [0.717, 1.165) is 30.1 Å². The summed E-state index contributed by atoms with van der Waals surface area (Å²) in [7, 11) is 0. The van der Waals surface area contributed by atoms with E-state index in [-0.39, 0.29) is 5.91 Å². The van der Waals surface area contributed by atoms with Gasteiger partial charge >= 0.3 is 0 Å². The molecule has 2 aliphatic rings. The Hall–Kier alpha value is -0.870. The second-order valence-electron chi connectivity index (χ2n) is 5.81. The first-order valence-corrected chi connectivity index (χ1v) is 8.19. The van der Waals surface area contributed by atoms with Crippen molar-refractivity contribution in [2.75, 3.05) is 19.6 Å². The standard InChI is InChI=1S/C15H22N2OS/c1-11-6-9-19-14(11)15(18)17(13-2-3-13)10-12-4-7-16-8-5-12/h6,9,12-13,16H,2-5,7-8,10H2,1H3. The zero-order chi connectivity index (χ0) is 13.2. The van der Waals surface area contributed by atoms with Gasteiger partial charge < -0.3 is 10.2 Å². The van der Waals surface area contributed by atoms with Crippen LogP contribution in [0, 0.1) is 12.8 Å². The van der Waals surface area contributed by atoms with Crippen LogP contribution in [0.1, 0.15) is 40.9 Å². The van der Waals surface area contributed by atoms with Crippen LogP contribution in [0.15, 0.2) is 11.4 Å². The van der Waals surface area contributed by atoms with Crippen molar-refractivity contribution in [3.05, 3.63) is 21.9 Å². The summed E-state index contributed by atoms with van der Waals surface area (Å²) in [5, 5.41) is 5.42. The van der Waals surface area contributed by atoms with E-state index >= 15 is 0 Å². The van der Waals surface area contributed by atoms with Gasteiger partial charge in [-0.25, -0.2) is 0 Å². The monoisotopic (exact) mass is 278 g/mol. The number of carbonyl (C=O) groups is 1. The Morgan fingerprint density at radius 1 is 1.37 bits per heavy atom. The highest BCUT2D eigenvalue weighted by Gasteiger charge is 2.35. The molecule has 0 unspecified atom stereocenters. The Morgan fingerprint density at radius 2 is 2.11 bits per heavy atom. The second-order valence-corrected chi connectivity index (χ2v) is 6.73. The van der Waals surface area contributed by atoms with Crippen LogP contribution in [0.5, 0.6) is 0 Å². The lowest BCUT2D eigenvalue weighted by Gasteiger charge is -2.30. The Labute approximate surface area is 119 Å². The minimum absolute atomic E-state index is 0.272. The van der Waals surface area contributed by atoms with Gasteiger partial charge in [0.25, 0.3) is 5.91 Å². The molecule has 1 saturated heterocycles. The average Bonchev–Trinajstić information content (AvgIpc) is 3.18. The van der Waals surface area contributed by atoms with E-state index in [4.69, 9.17) is 0 Å². The zero-order valence-corrected chi connectivity index (χ0v) is 12.3. The summed E-state index contributed by atoms with van der Waals surface area (Å²) in [5.41, 5.74) is 1.13. The van der Waals surface area contributed by atoms with Crippen molar-refractivity contribution in [3.8, 4) is 0 Å². The fourth-order valence-corrected chi connectivity index (χ4v) is 3.73. The molecule has 0 aromatic carbocycles. The summed E-state index contributed by atoms with van der Waals surface area (Å²) in [6.45, 7) is 5.21. The SMILES string of the molecule is Cc1ccsc1C(=O)N(CC1CCNCC1)C1CC1. The van der Waals surface area contributed by atoms with Gasteiger partial charge in [0.2, 0.25) is 0 Å². The van der Waals surface area contributed by atoms with Gasteiger partial charge in [0.1, 0.15) is 0 Å². The molecule has 1 saturated carbocycles. The van der Waals surface area contributed by atoms with Crippen LogP contribution in [0.25, 0.3) is 0 Å². The minimum Gasteiger partial charge on any atom is -0.335 e. The fraction of sp³-hybridized carbons (Fsp3) is 0.667. The highest BCUT2D eigenvalue weighted by atomic mass is 32.1. The maximum Gasteiger partial charge on any atom is 0.264 e. The fourth-order valence-electron chi connectivity index (χ4n) is 2.85. The summed E-state index contributed by atoms with van der Waals surface area (Å²) in [6.07, 6.45) is 4.81. The van der Waals surface area contributed by atoms with Crippen molar-refractivity contribution in [2.45, 2.75) is 38.6 Å². The molecule has 3 nitrogen and oxygen atoms in total. The van der Waals surface area contributed by atoms with E-state index in [9.17, 15) is 4.79 Å². The summed E-state index contributed by atoms with van der Waals surface area (Å²) in [5.74, 6) is 0.958. The Balaban J connectivity index is 1.70. The number of piperidine rings is 1. The summed E-state index contributed by atoms with van der Waals surface area (Å²) < 4.78 is 0. The molecule has 0 radical (unpaired) electrons. The molecule has 1 aromatic rings. The molecular weight excluding hydrogens is 256 g/mol. The first kappa shape index (κ1) is 13.1. The van der Waals surface area contributed by atoms with Gasteiger partial charge in [-0.05, 0) is 68.6 Å². The molecule has 1 N–H and O–H groups in total. The first-order chi connectivity index (χ1) is 9.25. The van der Waals surface area contributed by atoms with Gasteiger partial charge in [0.15, 0.2) is 0 Å². The van der Waals surface area contributed by atoms with Crippen LogP contribution in [-0.2, 0) is 0 Å². The molecule has 1 aliphatic carbocycles. The van der Waals surface area contributed by atoms with Crippen LogP contribution in [0.2, 0.25) is 0 Å². The summed E-state index contributed by atoms with van der Waals surface area (Å²) in [6, 6.07) is 2.57. The minimum atomic E-state index is 0.272. The van der Waals surface area contributed by atoms with Gasteiger partial charge in [-0.15, -0.1) is 11.3 Å². The summed E-state index contributed by atoms with van der Waals surface area (Å²) >= 11 is 1.59. The number of thiophene rings is 1. The molecule has 1 aromatic heterocycles. The van der Waals surface area contributed by atoms with Gasteiger partial charge in [0.05, 0.1) is 4.88 Å². The third-order valence-corrected chi connectivity index (χ3v) is 5.22. The maximum absolute atomic E-state index is 12.7. The highest BCUT2D eigenvalue weighted by Crippen LogP contribution is 2.31. The lowest BCUT2D eigenvalue weighted by molar-refractivity contribution is 0.0706. The van der Waals surface area contributed by atoms with E-state index in [1.54, 1.807) is 11.3 Å². The molecular formula is C15H22N2OS. The van der Waals surface area contributed by atoms with E-state index in [2.05, 4.69) is 10.2 Å². The van der Waals surface area contributed by atoms with Crippen molar-refractivity contribution >= 4 is 17.2 Å². The van der Waals surface area contributed by atoms with Crippen molar-refractivity contribution in [2.24, 2.45) is 5.92 Å². The largest absolute Gasteiger partial charge is 0.335 e. The molecule has 4 heteroatoms. The first-order valence-electron chi connectivity index (χ1n) is 7.31. The average molecular weight is 278 g/mol. The lowest BCUT2D eigenvalue weighted by Crippen LogP contribution is -2.40. The van der Waals surface area contributed by atoms with E-state index < -0.39 is 0 Å². The van der Waals surface area contributed by atoms with E-state index in [1.807, 2.05) is 18.4 Å². The molecule has 0 bridgehead atoms. The Bertz CT molecular complexity index is 447. The predicted molar refractivity (Wildman–Crippen MR) is 78.7 cm³/mol. The number of hydrogen-bond acceptors (Lipinski definition) is 3. The number of nitrogens with zero attached hydrogens (tertiary/aromatic N) is 1. The molecule has 2 fully saturated rings. The van der Waals surface area contributed by atoms with Crippen molar-refractivity contribution in [1.82, 2.24) is 10.2 Å². The number of amides is 1. The van der Waals surface area contributed by atoms with Crippen LogP contribution in [0.3, 0.4) is 0 Å². The Kier molecular flexibility index (Phi) is 3.89. The molecule has 0 spiro atoms. The molecule has 2 heterocycles. The van der Waals surface area contributed by atoms with Crippen LogP contribution in [-0.4, -0.2) is 36.5 Å². The molecule has 1 aliphatic heterocycles. The molecule has 1 amide bonds. The zero-order valence-electron chi connectivity index (χ0n) is 11.5. The van der Waals surface area contributed by atoms with Crippen LogP contribution >= 0.6 is 11.3 Å². The van der Waals surface area contributed by atoms with Crippen LogP contribution in [0.4, 0.5) is 0 Å².